The lowest BCUT2D eigenvalue weighted by Gasteiger charge is -2.26. The van der Waals surface area contributed by atoms with Crippen LogP contribution in [-0.2, 0) is 10.2 Å². The summed E-state index contributed by atoms with van der Waals surface area (Å²) in [6, 6.07) is 20.7. The van der Waals surface area contributed by atoms with Crippen LogP contribution in [0.1, 0.15) is 41.6 Å². The van der Waals surface area contributed by atoms with Crippen molar-refractivity contribution in [3.63, 3.8) is 0 Å². The average molecular weight is 415 g/mol. The second-order valence-electron chi connectivity index (χ2n) is 8.70. The monoisotopic (exact) mass is 414 g/mol. The van der Waals surface area contributed by atoms with Gasteiger partial charge in [0, 0.05) is 23.9 Å². The zero-order valence-electron chi connectivity index (χ0n) is 17.4. The predicted octanol–water partition coefficient (Wildman–Crippen LogP) is 4.00. The number of fused-ring (bicyclic) bond motifs is 1. The highest BCUT2D eigenvalue weighted by Gasteiger charge is 2.45. The lowest BCUT2D eigenvalue weighted by Crippen LogP contribution is -2.47. The molecule has 31 heavy (non-hydrogen) atoms. The number of carbonyl (C=O) groups excluding carboxylic acids is 2. The third-order valence-corrected chi connectivity index (χ3v) is 6.79. The summed E-state index contributed by atoms with van der Waals surface area (Å²) in [4.78, 5) is 27.9. The highest BCUT2D eigenvalue weighted by Crippen LogP contribution is 2.47. The van der Waals surface area contributed by atoms with E-state index in [1.54, 1.807) is 17.0 Å². The van der Waals surface area contributed by atoms with Gasteiger partial charge in [0.05, 0.1) is 5.56 Å². The quantitative estimate of drug-likeness (QED) is 0.663. The van der Waals surface area contributed by atoms with Gasteiger partial charge in [-0.25, -0.2) is 0 Å². The van der Waals surface area contributed by atoms with Crippen LogP contribution in [0.2, 0.25) is 0 Å². The van der Waals surface area contributed by atoms with Crippen molar-refractivity contribution in [2.45, 2.75) is 37.1 Å². The summed E-state index contributed by atoms with van der Waals surface area (Å²) in [6.07, 6.45) is 3.55. The number of benzene rings is 3. The molecule has 0 bridgehead atoms. The molecule has 1 heterocycles. The van der Waals surface area contributed by atoms with E-state index in [2.05, 4.69) is 17.4 Å². The van der Waals surface area contributed by atoms with Crippen LogP contribution in [0.5, 0.6) is 5.75 Å². The van der Waals surface area contributed by atoms with E-state index < -0.39 is 6.04 Å². The van der Waals surface area contributed by atoms with Gasteiger partial charge in [-0.2, -0.15) is 0 Å². The molecule has 5 heteroatoms. The van der Waals surface area contributed by atoms with Crippen LogP contribution < -0.4 is 5.32 Å². The first-order valence-electron chi connectivity index (χ1n) is 10.9. The van der Waals surface area contributed by atoms with Gasteiger partial charge in [-0.1, -0.05) is 60.7 Å². The fourth-order valence-corrected chi connectivity index (χ4v) is 4.75. The SMILES string of the molecule is O=C(NCC1(c2ccccc2)CC1)C1CCCN1C(=O)c1ccc2ccccc2c1O. The van der Waals surface area contributed by atoms with Gasteiger partial charge in [-0.3, -0.25) is 9.59 Å². The summed E-state index contributed by atoms with van der Waals surface area (Å²) in [5, 5.41) is 15.3. The normalized spacial score (nSPS) is 19.4. The number of phenols is 1. The zero-order chi connectivity index (χ0) is 21.4. The Morgan fingerprint density at radius 1 is 1.00 bits per heavy atom. The van der Waals surface area contributed by atoms with Gasteiger partial charge >= 0.3 is 0 Å². The third-order valence-electron chi connectivity index (χ3n) is 6.79. The van der Waals surface area contributed by atoms with Crippen molar-refractivity contribution in [1.29, 1.82) is 0 Å². The molecule has 158 valence electrons. The fraction of sp³-hybridized carbons (Fsp3) is 0.308. The third kappa shape index (κ3) is 3.54. The van der Waals surface area contributed by atoms with Crippen molar-refractivity contribution in [2.24, 2.45) is 0 Å². The molecule has 1 atom stereocenters. The maximum Gasteiger partial charge on any atom is 0.258 e. The standard InChI is InChI=1S/C26H26N2O3/c29-23-20-10-5-4-7-18(20)12-13-21(23)25(31)28-16-6-11-22(28)24(30)27-17-26(14-15-26)19-8-2-1-3-9-19/h1-5,7-10,12-13,22,29H,6,11,14-17H2,(H,27,30). The summed E-state index contributed by atoms with van der Waals surface area (Å²) in [7, 11) is 0. The number of aromatic hydroxyl groups is 1. The van der Waals surface area contributed by atoms with Gasteiger partial charge in [0.2, 0.25) is 5.91 Å². The molecule has 3 aromatic carbocycles. The number of nitrogens with one attached hydrogen (secondary N) is 1. The van der Waals surface area contributed by atoms with E-state index in [9.17, 15) is 14.7 Å². The highest BCUT2D eigenvalue weighted by molar-refractivity contribution is 6.05. The summed E-state index contributed by atoms with van der Waals surface area (Å²) in [5.41, 5.74) is 1.54. The van der Waals surface area contributed by atoms with Crippen molar-refractivity contribution >= 4 is 22.6 Å². The number of phenolic OH excluding ortho intramolecular Hbond substituents is 1. The minimum absolute atomic E-state index is 0.0184. The second kappa shape index (κ2) is 7.73. The number of carbonyl (C=O) groups is 2. The van der Waals surface area contributed by atoms with Crippen LogP contribution in [0.25, 0.3) is 10.8 Å². The molecule has 0 aromatic heterocycles. The van der Waals surface area contributed by atoms with E-state index in [0.29, 0.717) is 24.9 Å². The molecule has 2 aliphatic rings. The molecule has 1 aliphatic heterocycles. The first kappa shape index (κ1) is 19.6. The Bertz CT molecular complexity index is 1140. The van der Waals surface area contributed by atoms with Crippen LogP contribution in [0.15, 0.2) is 66.7 Å². The van der Waals surface area contributed by atoms with Crippen LogP contribution >= 0.6 is 0 Å². The largest absolute Gasteiger partial charge is 0.506 e. The van der Waals surface area contributed by atoms with Gasteiger partial charge in [-0.15, -0.1) is 0 Å². The summed E-state index contributed by atoms with van der Waals surface area (Å²) in [6.45, 7) is 1.11. The van der Waals surface area contributed by atoms with Crippen molar-refractivity contribution in [3.8, 4) is 5.75 Å². The Hall–Kier alpha value is -3.34. The first-order chi connectivity index (χ1) is 15.1. The Kier molecular flexibility index (Phi) is 4.89. The zero-order valence-corrected chi connectivity index (χ0v) is 17.4. The van der Waals surface area contributed by atoms with Crippen molar-refractivity contribution in [1.82, 2.24) is 10.2 Å². The highest BCUT2D eigenvalue weighted by atomic mass is 16.3. The molecule has 2 amide bonds. The van der Waals surface area contributed by atoms with Gasteiger partial charge in [0.15, 0.2) is 0 Å². The van der Waals surface area contributed by atoms with E-state index in [-0.39, 0.29) is 28.5 Å². The fourth-order valence-electron chi connectivity index (χ4n) is 4.75. The molecule has 3 aromatic rings. The van der Waals surface area contributed by atoms with Crippen LogP contribution in [0.3, 0.4) is 0 Å². The van der Waals surface area contributed by atoms with E-state index in [1.807, 2.05) is 42.5 Å². The minimum atomic E-state index is -0.495. The predicted molar refractivity (Wildman–Crippen MR) is 120 cm³/mol. The minimum Gasteiger partial charge on any atom is -0.506 e. The van der Waals surface area contributed by atoms with E-state index in [1.165, 1.54) is 5.56 Å². The number of amides is 2. The Morgan fingerprint density at radius 2 is 1.74 bits per heavy atom. The van der Waals surface area contributed by atoms with Gasteiger partial charge < -0.3 is 15.3 Å². The molecule has 1 saturated heterocycles. The van der Waals surface area contributed by atoms with Crippen molar-refractivity contribution in [3.05, 3.63) is 77.9 Å². The molecule has 2 fully saturated rings. The number of likely N-dealkylation sites (tertiary alicyclic amines) is 1. The van der Waals surface area contributed by atoms with Crippen LogP contribution in [-0.4, -0.2) is 41.0 Å². The number of hydrogen-bond acceptors (Lipinski definition) is 3. The van der Waals surface area contributed by atoms with Gasteiger partial charge in [0.1, 0.15) is 11.8 Å². The number of nitrogens with zero attached hydrogens (tertiary/aromatic N) is 1. The smallest absolute Gasteiger partial charge is 0.258 e. The topological polar surface area (TPSA) is 69.6 Å². The summed E-state index contributed by atoms with van der Waals surface area (Å²) < 4.78 is 0. The van der Waals surface area contributed by atoms with Gasteiger partial charge in [0.25, 0.3) is 5.91 Å². The summed E-state index contributed by atoms with van der Waals surface area (Å²) in [5.74, 6) is -0.409. The van der Waals surface area contributed by atoms with Gasteiger partial charge in [-0.05, 0) is 42.7 Å². The van der Waals surface area contributed by atoms with E-state index >= 15 is 0 Å². The molecular formula is C26H26N2O3. The van der Waals surface area contributed by atoms with E-state index in [4.69, 9.17) is 0 Å². The molecule has 0 spiro atoms. The Labute approximate surface area is 181 Å². The lowest BCUT2D eigenvalue weighted by molar-refractivity contribution is -0.124. The molecule has 5 nitrogen and oxygen atoms in total. The number of hydrogen-bond donors (Lipinski definition) is 2. The molecule has 1 unspecified atom stereocenters. The lowest BCUT2D eigenvalue weighted by atomic mass is 9.96. The van der Waals surface area contributed by atoms with Crippen LogP contribution in [0.4, 0.5) is 0 Å². The molecule has 0 radical (unpaired) electrons. The maximum atomic E-state index is 13.2. The molecule has 1 aliphatic carbocycles. The molecule has 5 rings (SSSR count). The maximum absolute atomic E-state index is 13.2. The molecule has 1 saturated carbocycles. The van der Waals surface area contributed by atoms with Crippen molar-refractivity contribution < 1.29 is 14.7 Å². The van der Waals surface area contributed by atoms with Crippen molar-refractivity contribution in [2.75, 3.05) is 13.1 Å². The average Bonchev–Trinajstić information content (AvgIpc) is 3.45. The van der Waals surface area contributed by atoms with Crippen LogP contribution in [0, 0.1) is 0 Å². The first-order valence-corrected chi connectivity index (χ1v) is 10.9. The van der Waals surface area contributed by atoms with E-state index in [0.717, 1.165) is 24.6 Å². The number of rotatable bonds is 5. The summed E-state index contributed by atoms with van der Waals surface area (Å²) >= 11 is 0. The molecule has 2 N–H and O–H groups in total. The Balaban J connectivity index is 1.31. The second-order valence-corrected chi connectivity index (χ2v) is 8.70. The Morgan fingerprint density at radius 3 is 2.52 bits per heavy atom. The molecular weight excluding hydrogens is 388 g/mol.